The number of phosphoric acid groups is 3. The first-order valence-electron chi connectivity index (χ1n) is 17.1. The molecule has 1 aliphatic heterocycles. The van der Waals surface area contributed by atoms with Crippen LogP contribution in [0.4, 0.5) is 0 Å². The van der Waals surface area contributed by atoms with Gasteiger partial charge in [0.15, 0.2) is 0 Å². The van der Waals surface area contributed by atoms with Crippen LogP contribution in [-0.2, 0) is 31.6 Å². The highest BCUT2D eigenvalue weighted by Gasteiger charge is 2.43. The van der Waals surface area contributed by atoms with Crippen LogP contribution in [0.1, 0.15) is 80.5 Å². The van der Waals surface area contributed by atoms with Crippen LogP contribution in [0.3, 0.4) is 0 Å². The molecule has 1 aromatic rings. The van der Waals surface area contributed by atoms with Gasteiger partial charge in [-0.05, 0) is 71.4 Å². The summed E-state index contributed by atoms with van der Waals surface area (Å²) in [7, 11) is -16.7. The summed E-state index contributed by atoms with van der Waals surface area (Å²) in [5.74, 6) is 0. The van der Waals surface area contributed by atoms with Crippen molar-refractivity contribution in [2.75, 3.05) is 65.5 Å². The van der Waals surface area contributed by atoms with E-state index in [1.807, 2.05) is 4.98 Å². The normalized spacial score (nSPS) is 19.3. The van der Waals surface area contributed by atoms with Gasteiger partial charge in [0.25, 0.3) is 5.56 Å². The third-order valence-corrected chi connectivity index (χ3v) is 11.5. The van der Waals surface area contributed by atoms with Crippen molar-refractivity contribution in [2.24, 2.45) is 5.11 Å². The highest BCUT2D eigenvalue weighted by atomic mass is 31.3. The molecule has 0 spiro atoms. The lowest BCUT2D eigenvalue weighted by Gasteiger charge is -2.19. The van der Waals surface area contributed by atoms with E-state index in [-0.39, 0.29) is 12.0 Å². The molecule has 1 aliphatic rings. The second kappa shape index (κ2) is 26.9. The lowest BCUT2D eigenvalue weighted by atomic mass is 10.1. The molecule has 1 fully saturated rings. The van der Waals surface area contributed by atoms with Gasteiger partial charge in [-0.3, -0.25) is 18.9 Å². The molecule has 1 aromatic heterocycles. The molecule has 5 N–H and O–H groups in total. The van der Waals surface area contributed by atoms with Gasteiger partial charge in [0, 0.05) is 23.1 Å². The highest BCUT2D eigenvalue weighted by Crippen LogP contribution is 2.66. The van der Waals surface area contributed by atoms with E-state index in [2.05, 4.69) is 100 Å². The van der Waals surface area contributed by atoms with Gasteiger partial charge in [0.05, 0.1) is 18.8 Å². The Labute approximate surface area is 306 Å². The maximum atomic E-state index is 12.0. The number of rotatable bonds is 18. The molecule has 2 unspecified atom stereocenters. The second-order valence-electron chi connectivity index (χ2n) is 10.9. The molecule has 52 heavy (non-hydrogen) atoms. The van der Waals surface area contributed by atoms with Crippen molar-refractivity contribution in [1.29, 1.82) is 0 Å². The molecule has 0 aromatic carbocycles. The van der Waals surface area contributed by atoms with Crippen molar-refractivity contribution in [3.05, 3.63) is 43.0 Å². The predicted molar refractivity (Wildman–Crippen MR) is 198 cm³/mol. The van der Waals surface area contributed by atoms with E-state index in [0.29, 0.717) is 0 Å². The van der Waals surface area contributed by atoms with Crippen molar-refractivity contribution in [3.63, 3.8) is 0 Å². The molecular formula is C28H61N8O13P3. The maximum Gasteiger partial charge on any atom is 0.490 e. The van der Waals surface area contributed by atoms with Crippen molar-refractivity contribution in [2.45, 2.75) is 94.0 Å². The Kier molecular flexibility index (Phi) is 27.1. The molecule has 5 atom stereocenters. The summed E-state index contributed by atoms with van der Waals surface area (Å²) >= 11 is 0. The van der Waals surface area contributed by atoms with E-state index >= 15 is 0 Å². The van der Waals surface area contributed by atoms with Crippen LogP contribution >= 0.6 is 23.5 Å². The zero-order chi connectivity index (χ0) is 40.7. The first-order valence-corrected chi connectivity index (χ1v) is 21.7. The molecule has 2 heterocycles. The Morgan fingerprint density at radius 3 is 1.60 bits per heavy atom. The monoisotopic (exact) mass is 810 g/mol. The minimum Gasteiger partial charge on any atom is -0.352 e. The number of nitrogens with zero attached hydrogens (tertiary/aromatic N) is 7. The number of aromatic nitrogens is 2. The van der Waals surface area contributed by atoms with Crippen molar-refractivity contribution >= 4 is 23.5 Å². The van der Waals surface area contributed by atoms with Crippen LogP contribution in [0.15, 0.2) is 20.9 Å². The summed E-state index contributed by atoms with van der Waals surface area (Å²) in [5.41, 5.74) is 7.38. The SMILES string of the molecule is CCN(CC)CC.CCN(CC)CC.CCN(CC)CC.Cc1cn([C@H]2C[C@H](N=[N+]=[N-])[C@@H](COP(=O)(O)OP(=O)(O)OP(=O)(O)O)O2)c(=O)[nH]c1=O. The van der Waals surface area contributed by atoms with Crippen LogP contribution in [0.5, 0.6) is 0 Å². The fourth-order valence-corrected chi connectivity index (χ4v) is 7.54. The van der Waals surface area contributed by atoms with Gasteiger partial charge in [-0.2, -0.15) is 8.62 Å². The number of azide groups is 1. The highest BCUT2D eigenvalue weighted by molar-refractivity contribution is 7.66. The number of nitrogens with one attached hydrogen (secondary N) is 1. The van der Waals surface area contributed by atoms with Crippen molar-refractivity contribution in [1.82, 2.24) is 24.3 Å². The van der Waals surface area contributed by atoms with Gasteiger partial charge < -0.3 is 39.0 Å². The summed E-state index contributed by atoms with van der Waals surface area (Å²) in [6, 6.07) is -1.04. The van der Waals surface area contributed by atoms with E-state index in [0.717, 1.165) is 4.57 Å². The number of aromatic amines is 1. The smallest absolute Gasteiger partial charge is 0.352 e. The Hall–Kier alpha value is -1.76. The third kappa shape index (κ3) is 22.5. The summed E-state index contributed by atoms with van der Waals surface area (Å²) in [5, 5.41) is 3.42. The molecule has 0 aliphatic carbocycles. The lowest BCUT2D eigenvalue weighted by molar-refractivity contribution is -0.0267. The van der Waals surface area contributed by atoms with Crippen LogP contribution in [-0.4, -0.2) is 121 Å². The number of phosphoric ester groups is 1. The minimum absolute atomic E-state index is 0.111. The average Bonchev–Trinajstić information content (AvgIpc) is 3.46. The standard InChI is InChI=1S/C10H16N5O13P3.3C6H15N/c1-5-3-15(10(17)12-9(5)16)8-2-6(13-14-11)7(26-8)4-25-30(21,22)28-31(23,24)27-29(18,19)20;3*1-4-7(5-2)6-3/h3,6-8H,2,4H2,1H3,(H,21,22)(H,23,24)(H,12,16,17)(H2,18,19,20);3*4-6H2,1-3H3/t6-,7+,8+;;;/m0.../s1. The van der Waals surface area contributed by atoms with Crippen molar-refractivity contribution in [3.8, 4) is 0 Å². The summed E-state index contributed by atoms with van der Waals surface area (Å²) in [4.78, 5) is 70.8. The Balaban J connectivity index is 0. The van der Waals surface area contributed by atoms with Gasteiger partial charge in [-0.25, -0.2) is 18.5 Å². The first-order chi connectivity index (χ1) is 24.2. The van der Waals surface area contributed by atoms with E-state index < -0.39 is 59.7 Å². The number of hydrogen-bond donors (Lipinski definition) is 5. The fourth-order valence-electron chi connectivity index (χ4n) is 4.51. The van der Waals surface area contributed by atoms with Gasteiger partial charge in [0.1, 0.15) is 6.23 Å². The van der Waals surface area contributed by atoms with Crippen LogP contribution in [0, 0.1) is 6.92 Å². The lowest BCUT2D eigenvalue weighted by Crippen LogP contribution is -2.33. The number of H-pyrrole nitrogens is 1. The molecule has 306 valence electrons. The summed E-state index contributed by atoms with van der Waals surface area (Å²) in [6.07, 6.45) is -1.26. The molecule has 0 saturated carbocycles. The Morgan fingerprint density at radius 2 is 1.25 bits per heavy atom. The average molecular weight is 811 g/mol. The molecule has 1 saturated heterocycles. The Morgan fingerprint density at radius 1 is 0.827 bits per heavy atom. The second-order valence-corrected chi connectivity index (χ2v) is 15.3. The third-order valence-electron chi connectivity index (χ3n) is 7.70. The van der Waals surface area contributed by atoms with Crippen molar-refractivity contribution < 1.29 is 51.2 Å². The molecule has 21 nitrogen and oxygen atoms in total. The largest absolute Gasteiger partial charge is 0.490 e. The number of ether oxygens (including phenoxy) is 1. The molecule has 0 bridgehead atoms. The van der Waals surface area contributed by atoms with E-state index in [4.69, 9.17) is 24.9 Å². The fraction of sp³-hybridized carbons (Fsp3) is 0.857. The van der Waals surface area contributed by atoms with Crippen LogP contribution in [0.25, 0.3) is 10.4 Å². The molecule has 24 heteroatoms. The summed E-state index contributed by atoms with van der Waals surface area (Å²) < 4.78 is 51.8. The van der Waals surface area contributed by atoms with E-state index in [9.17, 15) is 28.2 Å². The molecule has 0 amide bonds. The molecule has 2 rings (SSSR count). The minimum atomic E-state index is -5.70. The molecular weight excluding hydrogens is 749 g/mol. The zero-order valence-corrected chi connectivity index (χ0v) is 34.7. The quantitative estimate of drug-likeness (QED) is 0.0601. The van der Waals surface area contributed by atoms with Gasteiger partial charge in [-0.1, -0.05) is 67.4 Å². The van der Waals surface area contributed by atoms with Gasteiger partial charge in [-0.15, -0.1) is 0 Å². The van der Waals surface area contributed by atoms with Gasteiger partial charge >= 0.3 is 29.2 Å². The number of hydrogen-bond acceptors (Lipinski definition) is 13. The van der Waals surface area contributed by atoms with Gasteiger partial charge in [0.2, 0.25) is 0 Å². The maximum absolute atomic E-state index is 12.0. The zero-order valence-electron chi connectivity index (χ0n) is 32.0. The summed E-state index contributed by atoms with van der Waals surface area (Å²) in [6.45, 7) is 30.9. The van der Waals surface area contributed by atoms with E-state index in [1.54, 1.807) is 0 Å². The Bertz CT molecular complexity index is 1400. The van der Waals surface area contributed by atoms with E-state index in [1.165, 1.54) is 72.0 Å². The molecule has 0 radical (unpaired) electrons. The first kappa shape index (κ1) is 52.3. The number of aryl methyl sites for hydroxylation is 1. The van der Waals surface area contributed by atoms with Crippen LogP contribution in [0.2, 0.25) is 0 Å². The topological polar surface area (TPSA) is 282 Å². The van der Waals surface area contributed by atoms with Crippen LogP contribution < -0.4 is 11.2 Å². The predicted octanol–water partition coefficient (Wildman–Crippen LogP) is 4.20.